The van der Waals surface area contributed by atoms with Crippen LogP contribution >= 0.6 is 0 Å². The normalized spacial score (nSPS) is 15.3. The van der Waals surface area contributed by atoms with Crippen molar-refractivity contribution in [1.82, 2.24) is 0 Å². The second-order valence-electron chi connectivity index (χ2n) is 1.57. The van der Waals surface area contributed by atoms with Gasteiger partial charge in [-0.2, -0.15) is 22.0 Å². The predicted molar refractivity (Wildman–Crippen MR) is 20.1 cm³/mol. The predicted octanol–water partition coefficient (Wildman–Crippen LogP) is 2.57. The molecule has 0 rings (SSSR count). The number of hydrogen-bond donors (Lipinski definition) is 0. The highest BCUT2D eigenvalue weighted by Gasteiger charge is 2.79. The van der Waals surface area contributed by atoms with E-state index < -0.39 is 20.8 Å². The fourth-order valence-electron chi connectivity index (χ4n) is 0.161. The van der Waals surface area contributed by atoms with Crippen LogP contribution in [0.1, 0.15) is 0 Å². The summed E-state index contributed by atoms with van der Waals surface area (Å²) < 4.78 is 88.2. The molecule has 0 aliphatic heterocycles. The minimum atomic E-state index is -7.98. The van der Waals surface area contributed by atoms with Crippen LogP contribution in [0.3, 0.4) is 0 Å². The van der Waals surface area contributed by atoms with Crippen molar-refractivity contribution in [2.45, 2.75) is 11.7 Å². The van der Waals surface area contributed by atoms with Crippen LogP contribution in [0, 0.1) is 0 Å². The second-order valence-corrected chi connectivity index (χ2v) is 3.19. The van der Waals surface area contributed by atoms with Crippen molar-refractivity contribution < 1.29 is 34.3 Å². The summed E-state index contributed by atoms with van der Waals surface area (Å²) in [6.45, 7) is 0. The number of rotatable bonds is 1. The van der Waals surface area contributed by atoms with E-state index in [4.69, 9.17) is 0 Å². The minimum Gasteiger partial charge on any atom is -0.234 e. The SMILES string of the molecule is FC(F)(F)C(F)(F)[Si](F)(F)F. The molecule has 0 aromatic carbocycles. The largest absolute Gasteiger partial charge is 0.700 e. The molecule has 0 aliphatic rings. The monoisotopic (exact) mass is 204 g/mol. The molecule has 0 fully saturated rings. The van der Waals surface area contributed by atoms with Gasteiger partial charge in [-0.1, -0.05) is 0 Å². The Balaban J connectivity index is 4.75. The van der Waals surface area contributed by atoms with Gasteiger partial charge in [0.1, 0.15) is 0 Å². The van der Waals surface area contributed by atoms with Gasteiger partial charge in [-0.25, -0.2) is 12.3 Å². The Kier molecular flexibility index (Phi) is 2.25. The summed E-state index contributed by atoms with van der Waals surface area (Å²) in [6, 6.07) is 0. The van der Waals surface area contributed by atoms with Gasteiger partial charge in [0.2, 0.25) is 0 Å². The Morgan fingerprint density at radius 1 is 0.727 bits per heavy atom. The van der Waals surface area contributed by atoms with E-state index in [1.165, 1.54) is 0 Å². The van der Waals surface area contributed by atoms with Gasteiger partial charge in [0.25, 0.3) is 0 Å². The van der Waals surface area contributed by atoms with Crippen LogP contribution in [0.2, 0.25) is 0 Å². The van der Waals surface area contributed by atoms with E-state index in [-0.39, 0.29) is 0 Å². The lowest BCUT2D eigenvalue weighted by molar-refractivity contribution is -0.256. The summed E-state index contributed by atoms with van der Waals surface area (Å²) in [5.41, 5.74) is -6.49. The molecule has 0 saturated heterocycles. The average molecular weight is 204 g/mol. The van der Waals surface area contributed by atoms with Crippen LogP contribution in [0.5, 0.6) is 0 Å². The number of halogens is 8. The minimum absolute atomic E-state index is 6.49. The molecule has 0 N–H and O–H groups in total. The van der Waals surface area contributed by atoms with Crippen molar-refractivity contribution in [3.63, 3.8) is 0 Å². The molecule has 0 heterocycles. The molecule has 0 amide bonds. The quantitative estimate of drug-likeness (QED) is 0.350. The fraction of sp³-hybridized carbons (Fsp3) is 1.00. The number of alkyl halides is 5. The molecular formula is C2F8Si. The molecule has 9 heteroatoms. The fourth-order valence-corrected chi connectivity index (χ4v) is 0.482. The van der Waals surface area contributed by atoms with Crippen molar-refractivity contribution in [2.24, 2.45) is 0 Å². The Hall–Kier alpha value is -0.343. The molecule has 0 unspecified atom stereocenters. The van der Waals surface area contributed by atoms with Gasteiger partial charge in [0, 0.05) is 0 Å². The van der Waals surface area contributed by atoms with Gasteiger partial charge in [-0.3, -0.25) is 0 Å². The molecule has 0 atom stereocenters. The van der Waals surface area contributed by atoms with E-state index in [1.807, 2.05) is 0 Å². The highest BCUT2D eigenvalue weighted by atomic mass is 28.5. The van der Waals surface area contributed by atoms with Gasteiger partial charge >= 0.3 is 20.8 Å². The van der Waals surface area contributed by atoms with E-state index in [0.29, 0.717) is 0 Å². The summed E-state index contributed by atoms with van der Waals surface area (Å²) in [6.07, 6.45) is -6.52. The third-order valence-corrected chi connectivity index (χ3v) is 1.71. The average Bonchev–Trinajstić information content (AvgIpc) is 1.58. The lowest BCUT2D eigenvalue weighted by Gasteiger charge is -2.18. The topological polar surface area (TPSA) is 0 Å². The summed E-state index contributed by atoms with van der Waals surface area (Å²) in [5.74, 6) is 0. The van der Waals surface area contributed by atoms with Gasteiger partial charge in [-0.05, 0) is 0 Å². The molecule has 0 bridgehead atoms. The maximum atomic E-state index is 11.2. The maximum absolute atomic E-state index is 11.2. The molecule has 0 aromatic heterocycles. The first-order chi connectivity index (χ1) is 4.50. The molecule has 0 nitrogen and oxygen atoms in total. The molecule has 68 valence electrons. The lowest BCUT2D eigenvalue weighted by Crippen LogP contribution is -2.53. The van der Waals surface area contributed by atoms with E-state index >= 15 is 0 Å². The van der Waals surface area contributed by atoms with Crippen molar-refractivity contribution in [2.75, 3.05) is 0 Å². The first-order valence-electron chi connectivity index (χ1n) is 2.01. The molecule has 0 spiro atoms. The lowest BCUT2D eigenvalue weighted by atomic mass is 10.7. The van der Waals surface area contributed by atoms with Gasteiger partial charge in [0.15, 0.2) is 0 Å². The van der Waals surface area contributed by atoms with Crippen molar-refractivity contribution >= 4 is 9.08 Å². The molecule has 0 aliphatic carbocycles. The van der Waals surface area contributed by atoms with E-state index in [2.05, 4.69) is 0 Å². The first-order valence-corrected chi connectivity index (χ1v) is 3.65. The Morgan fingerprint density at radius 2 is 1.00 bits per heavy atom. The van der Waals surface area contributed by atoms with E-state index in [9.17, 15) is 34.3 Å². The van der Waals surface area contributed by atoms with E-state index in [1.54, 1.807) is 0 Å². The summed E-state index contributed by atoms with van der Waals surface area (Å²) >= 11 is 0. The van der Waals surface area contributed by atoms with Gasteiger partial charge < -0.3 is 0 Å². The summed E-state index contributed by atoms with van der Waals surface area (Å²) in [7, 11) is -7.98. The highest BCUT2D eigenvalue weighted by Crippen LogP contribution is 2.43. The summed E-state index contributed by atoms with van der Waals surface area (Å²) in [4.78, 5) is 0. The van der Waals surface area contributed by atoms with E-state index in [0.717, 1.165) is 0 Å². The van der Waals surface area contributed by atoms with Gasteiger partial charge in [-0.15, -0.1) is 0 Å². The summed E-state index contributed by atoms with van der Waals surface area (Å²) in [5, 5.41) is 0. The third kappa shape index (κ3) is 1.82. The van der Waals surface area contributed by atoms with Crippen molar-refractivity contribution in [1.29, 1.82) is 0 Å². The zero-order valence-corrected chi connectivity index (χ0v) is 5.52. The van der Waals surface area contributed by atoms with Crippen LogP contribution < -0.4 is 0 Å². The zero-order valence-electron chi connectivity index (χ0n) is 4.52. The van der Waals surface area contributed by atoms with Crippen LogP contribution in [0.4, 0.5) is 34.3 Å². The molecule has 11 heavy (non-hydrogen) atoms. The Labute approximate surface area is 56.3 Å². The molecule has 0 aromatic rings. The third-order valence-electron chi connectivity index (χ3n) is 0.712. The Bertz CT molecular complexity index is 123. The molecule has 0 saturated carbocycles. The molecular weight excluding hydrogens is 204 g/mol. The Morgan fingerprint density at radius 3 is 1.00 bits per heavy atom. The van der Waals surface area contributed by atoms with Crippen molar-refractivity contribution in [3.05, 3.63) is 0 Å². The van der Waals surface area contributed by atoms with Gasteiger partial charge in [0.05, 0.1) is 0 Å². The van der Waals surface area contributed by atoms with Crippen LogP contribution in [-0.2, 0) is 0 Å². The highest BCUT2D eigenvalue weighted by molar-refractivity contribution is 6.61. The smallest absolute Gasteiger partial charge is 0.234 e. The molecule has 0 radical (unpaired) electrons. The second kappa shape index (κ2) is 2.32. The maximum Gasteiger partial charge on any atom is 0.700 e. The van der Waals surface area contributed by atoms with Crippen molar-refractivity contribution in [3.8, 4) is 0 Å². The standard InChI is InChI=1S/C2F8Si/c3-1(4,5)2(6,7)11(8,9)10. The van der Waals surface area contributed by atoms with Crippen LogP contribution in [0.15, 0.2) is 0 Å². The van der Waals surface area contributed by atoms with Crippen LogP contribution in [0.25, 0.3) is 0 Å². The first kappa shape index (κ1) is 10.7. The number of hydrogen-bond acceptors (Lipinski definition) is 0. The van der Waals surface area contributed by atoms with Crippen LogP contribution in [-0.4, -0.2) is 20.8 Å². The zero-order chi connectivity index (χ0) is 9.50.